The highest BCUT2D eigenvalue weighted by Crippen LogP contribution is 2.19. The van der Waals surface area contributed by atoms with E-state index in [1.807, 2.05) is 20.8 Å². The fraction of sp³-hybridized carbons (Fsp3) is 0.800. The minimum Gasteiger partial charge on any atom is -0.357 e. The van der Waals surface area contributed by atoms with Crippen LogP contribution in [0.5, 0.6) is 0 Å². The number of carbonyl (C=O) groups excluding carboxylic acids is 2. The molecule has 0 aliphatic rings. The summed E-state index contributed by atoms with van der Waals surface area (Å²) in [5.41, 5.74) is -0.302. The topological polar surface area (TPSA) is 70.2 Å². The monoisotopic (exact) mass is 215 g/mol. The third-order valence-electron chi connectivity index (χ3n) is 2.02. The summed E-state index contributed by atoms with van der Waals surface area (Å²) in [6.07, 6.45) is 0. The van der Waals surface area contributed by atoms with Crippen LogP contribution in [-0.4, -0.2) is 38.5 Å². The van der Waals surface area contributed by atoms with Crippen molar-refractivity contribution in [3.63, 3.8) is 0 Å². The first-order chi connectivity index (χ1) is 6.82. The number of hydrogen-bond donors (Lipinski definition) is 3. The molecular weight excluding hydrogens is 194 g/mol. The van der Waals surface area contributed by atoms with Gasteiger partial charge in [-0.25, -0.2) is 0 Å². The summed E-state index contributed by atoms with van der Waals surface area (Å²) >= 11 is 0. The molecule has 5 nitrogen and oxygen atoms in total. The smallest absolute Gasteiger partial charge is 0.242 e. The van der Waals surface area contributed by atoms with Crippen molar-refractivity contribution in [2.75, 3.05) is 20.6 Å². The van der Waals surface area contributed by atoms with E-state index in [1.54, 1.807) is 14.1 Å². The van der Waals surface area contributed by atoms with Crippen LogP contribution in [0.3, 0.4) is 0 Å². The molecule has 0 aromatic heterocycles. The molecule has 0 aliphatic carbocycles. The third-order valence-corrected chi connectivity index (χ3v) is 2.02. The van der Waals surface area contributed by atoms with Crippen LogP contribution in [0.15, 0.2) is 0 Å². The van der Waals surface area contributed by atoms with E-state index in [-0.39, 0.29) is 23.8 Å². The molecule has 0 saturated heterocycles. The van der Waals surface area contributed by atoms with Crippen molar-refractivity contribution in [2.24, 2.45) is 5.41 Å². The molecule has 0 heterocycles. The van der Waals surface area contributed by atoms with Gasteiger partial charge in [0.05, 0.1) is 6.54 Å². The van der Waals surface area contributed by atoms with Crippen molar-refractivity contribution in [3.05, 3.63) is 0 Å². The number of rotatable bonds is 4. The highest BCUT2D eigenvalue weighted by Gasteiger charge is 2.31. The molecule has 0 spiro atoms. The first-order valence-corrected chi connectivity index (χ1v) is 4.98. The SMILES string of the molecule is CNCC(=O)NC(C(=O)NC)C(C)(C)C. The molecule has 0 fully saturated rings. The molecule has 1 unspecified atom stereocenters. The Kier molecular flexibility index (Phi) is 5.28. The van der Waals surface area contributed by atoms with Crippen LogP contribution in [0.25, 0.3) is 0 Å². The highest BCUT2D eigenvalue weighted by molar-refractivity contribution is 5.88. The first-order valence-electron chi connectivity index (χ1n) is 4.98. The molecule has 5 heteroatoms. The van der Waals surface area contributed by atoms with Gasteiger partial charge in [-0.2, -0.15) is 0 Å². The molecule has 0 radical (unpaired) electrons. The lowest BCUT2D eigenvalue weighted by atomic mass is 9.86. The Morgan fingerprint density at radius 3 is 2.07 bits per heavy atom. The summed E-state index contributed by atoms with van der Waals surface area (Å²) < 4.78 is 0. The van der Waals surface area contributed by atoms with Gasteiger partial charge in [-0.1, -0.05) is 20.8 Å². The number of nitrogens with one attached hydrogen (secondary N) is 3. The molecule has 0 aromatic rings. The van der Waals surface area contributed by atoms with Gasteiger partial charge in [-0.3, -0.25) is 9.59 Å². The maximum Gasteiger partial charge on any atom is 0.242 e. The molecule has 0 bridgehead atoms. The molecule has 0 aliphatic heterocycles. The summed E-state index contributed by atoms with van der Waals surface area (Å²) in [4.78, 5) is 22.9. The van der Waals surface area contributed by atoms with Crippen LogP contribution >= 0.6 is 0 Å². The second-order valence-electron chi connectivity index (χ2n) is 4.51. The third kappa shape index (κ3) is 4.78. The molecule has 88 valence electrons. The Balaban J connectivity index is 4.53. The Bertz CT molecular complexity index is 233. The van der Waals surface area contributed by atoms with Crippen LogP contribution in [-0.2, 0) is 9.59 Å². The molecule has 1 atom stereocenters. The van der Waals surface area contributed by atoms with Crippen LogP contribution in [0.1, 0.15) is 20.8 Å². The van der Waals surface area contributed by atoms with Gasteiger partial charge in [0, 0.05) is 7.05 Å². The quantitative estimate of drug-likeness (QED) is 0.591. The molecule has 3 N–H and O–H groups in total. The summed E-state index contributed by atoms with van der Waals surface area (Å²) in [6.45, 7) is 5.94. The van der Waals surface area contributed by atoms with Crippen LogP contribution in [0.2, 0.25) is 0 Å². The van der Waals surface area contributed by atoms with Gasteiger partial charge in [-0.15, -0.1) is 0 Å². The van der Waals surface area contributed by atoms with E-state index < -0.39 is 6.04 Å². The Morgan fingerprint density at radius 2 is 1.73 bits per heavy atom. The predicted octanol–water partition coefficient (Wildman–Crippen LogP) is -0.517. The molecular formula is C10H21N3O2. The van der Waals surface area contributed by atoms with E-state index in [1.165, 1.54) is 0 Å². The van der Waals surface area contributed by atoms with Crippen LogP contribution in [0, 0.1) is 5.41 Å². The summed E-state index contributed by atoms with van der Waals surface area (Å²) in [5, 5.41) is 7.98. The fourth-order valence-electron chi connectivity index (χ4n) is 1.19. The molecule has 0 saturated carbocycles. The van der Waals surface area contributed by atoms with Gasteiger partial charge < -0.3 is 16.0 Å². The number of carbonyl (C=O) groups is 2. The van der Waals surface area contributed by atoms with Crippen LogP contribution < -0.4 is 16.0 Å². The fourth-order valence-corrected chi connectivity index (χ4v) is 1.19. The summed E-state index contributed by atoms with van der Waals surface area (Å²) in [7, 11) is 3.25. The van der Waals surface area contributed by atoms with E-state index in [0.29, 0.717) is 0 Å². The zero-order valence-corrected chi connectivity index (χ0v) is 10.1. The zero-order valence-electron chi connectivity index (χ0n) is 10.1. The maximum absolute atomic E-state index is 11.6. The normalized spacial score (nSPS) is 13.1. The second kappa shape index (κ2) is 5.70. The van der Waals surface area contributed by atoms with Crippen molar-refractivity contribution in [3.8, 4) is 0 Å². The van der Waals surface area contributed by atoms with E-state index in [4.69, 9.17) is 0 Å². The molecule has 0 rings (SSSR count). The molecule has 2 amide bonds. The average Bonchev–Trinajstić information content (AvgIpc) is 2.12. The number of likely N-dealkylation sites (N-methyl/N-ethyl adjacent to an activating group) is 2. The zero-order chi connectivity index (χ0) is 12.1. The van der Waals surface area contributed by atoms with E-state index >= 15 is 0 Å². The Hall–Kier alpha value is -1.10. The van der Waals surface area contributed by atoms with Crippen molar-refractivity contribution in [1.29, 1.82) is 0 Å². The highest BCUT2D eigenvalue weighted by atomic mass is 16.2. The van der Waals surface area contributed by atoms with Crippen molar-refractivity contribution >= 4 is 11.8 Å². The van der Waals surface area contributed by atoms with Gasteiger partial charge >= 0.3 is 0 Å². The van der Waals surface area contributed by atoms with Gasteiger partial charge in [0.1, 0.15) is 6.04 Å². The van der Waals surface area contributed by atoms with Crippen molar-refractivity contribution < 1.29 is 9.59 Å². The minimum absolute atomic E-state index is 0.174. The lowest BCUT2D eigenvalue weighted by molar-refractivity contribution is -0.130. The molecule has 15 heavy (non-hydrogen) atoms. The largest absolute Gasteiger partial charge is 0.357 e. The van der Waals surface area contributed by atoms with E-state index in [2.05, 4.69) is 16.0 Å². The standard InChI is InChI=1S/C10H21N3O2/c1-10(2,3)8(9(15)12-5)13-7(14)6-11-4/h8,11H,6H2,1-5H3,(H,12,15)(H,13,14). The van der Waals surface area contributed by atoms with E-state index in [9.17, 15) is 9.59 Å². The van der Waals surface area contributed by atoms with Crippen molar-refractivity contribution in [1.82, 2.24) is 16.0 Å². The first kappa shape index (κ1) is 13.9. The van der Waals surface area contributed by atoms with E-state index in [0.717, 1.165) is 0 Å². The minimum atomic E-state index is -0.511. The van der Waals surface area contributed by atoms with Crippen LogP contribution in [0.4, 0.5) is 0 Å². The number of hydrogen-bond acceptors (Lipinski definition) is 3. The van der Waals surface area contributed by atoms with Gasteiger partial charge in [-0.05, 0) is 12.5 Å². The Labute approximate surface area is 91.0 Å². The molecule has 0 aromatic carbocycles. The number of amides is 2. The predicted molar refractivity (Wildman–Crippen MR) is 59.4 cm³/mol. The summed E-state index contributed by atoms with van der Waals surface area (Å²) in [6, 6.07) is -0.511. The Morgan fingerprint density at radius 1 is 1.20 bits per heavy atom. The van der Waals surface area contributed by atoms with Gasteiger partial charge in [0.2, 0.25) is 11.8 Å². The van der Waals surface area contributed by atoms with Crippen molar-refractivity contribution in [2.45, 2.75) is 26.8 Å². The lowest BCUT2D eigenvalue weighted by Gasteiger charge is -2.29. The second-order valence-corrected chi connectivity index (χ2v) is 4.51. The maximum atomic E-state index is 11.6. The summed E-state index contributed by atoms with van der Waals surface area (Å²) in [5.74, 6) is -0.354. The average molecular weight is 215 g/mol. The van der Waals surface area contributed by atoms with Gasteiger partial charge in [0.15, 0.2) is 0 Å². The van der Waals surface area contributed by atoms with Gasteiger partial charge in [0.25, 0.3) is 0 Å². The lowest BCUT2D eigenvalue weighted by Crippen LogP contribution is -2.54.